The van der Waals surface area contributed by atoms with E-state index in [-0.39, 0.29) is 5.56 Å². The molecule has 1 heterocycles. The second-order valence-corrected chi connectivity index (χ2v) is 4.15. The number of benzene rings is 1. The van der Waals surface area contributed by atoms with Crippen LogP contribution in [0.2, 0.25) is 0 Å². The quantitative estimate of drug-likeness (QED) is 0.852. The second-order valence-electron chi connectivity index (χ2n) is 4.15. The molecule has 0 radical (unpaired) electrons. The molecule has 2 aromatic rings. The van der Waals surface area contributed by atoms with E-state index in [2.05, 4.69) is 15.6 Å². The van der Waals surface area contributed by atoms with Crippen molar-refractivity contribution in [1.29, 1.82) is 0 Å². The minimum Gasteiger partial charge on any atom is -0.385 e. The molecular weight excluding hydrogens is 283 g/mol. The number of pyridine rings is 1. The maximum atomic E-state index is 13.5. The average Bonchev–Trinajstić information content (AvgIpc) is 2.45. The fourth-order valence-electron chi connectivity index (χ4n) is 1.73. The molecule has 0 aliphatic rings. The molecule has 0 unspecified atom stereocenters. The number of rotatable bonds is 4. The summed E-state index contributed by atoms with van der Waals surface area (Å²) in [6.45, 7) is 2.42. The van der Waals surface area contributed by atoms with Gasteiger partial charge in [-0.15, -0.1) is 0 Å². The Morgan fingerprint density at radius 3 is 2.57 bits per heavy atom. The van der Waals surface area contributed by atoms with Crippen LogP contribution in [0.5, 0.6) is 0 Å². The zero-order valence-corrected chi connectivity index (χ0v) is 11.1. The highest BCUT2D eigenvalue weighted by Crippen LogP contribution is 2.21. The minimum absolute atomic E-state index is 0.170. The molecule has 0 spiro atoms. The molecule has 0 saturated heterocycles. The van der Waals surface area contributed by atoms with E-state index < -0.39 is 29.0 Å². The van der Waals surface area contributed by atoms with E-state index in [1.54, 1.807) is 6.07 Å². The van der Waals surface area contributed by atoms with E-state index in [0.29, 0.717) is 24.4 Å². The van der Waals surface area contributed by atoms with Crippen LogP contribution in [0.3, 0.4) is 0 Å². The van der Waals surface area contributed by atoms with E-state index >= 15 is 0 Å². The summed E-state index contributed by atoms with van der Waals surface area (Å²) in [5.74, 6) is -4.30. The lowest BCUT2D eigenvalue weighted by atomic mass is 10.2. The van der Waals surface area contributed by atoms with Gasteiger partial charge in [0, 0.05) is 31.1 Å². The number of hydrogen-bond acceptors (Lipinski definition) is 3. The number of halogens is 3. The molecule has 2 N–H and O–H groups in total. The van der Waals surface area contributed by atoms with Crippen molar-refractivity contribution < 1.29 is 18.0 Å². The number of carbonyl (C=O) groups excluding carboxylic acids is 1. The summed E-state index contributed by atoms with van der Waals surface area (Å²) in [6.07, 6.45) is 2.79. The fraction of sp³-hybridized carbons (Fsp3) is 0.143. The standard InChI is InChI=1S/C14H12F3N3O/c1-2-19-12-3-4-18-7-8(12)14(21)20-13-6-10(16)9(15)5-11(13)17/h3-7H,2H2,1H3,(H,18,19)(H,20,21). The molecule has 21 heavy (non-hydrogen) atoms. The third-order valence-electron chi connectivity index (χ3n) is 2.69. The monoisotopic (exact) mass is 295 g/mol. The molecule has 0 aliphatic heterocycles. The Kier molecular flexibility index (Phi) is 4.42. The highest BCUT2D eigenvalue weighted by molar-refractivity contribution is 6.07. The van der Waals surface area contributed by atoms with Gasteiger partial charge in [0.2, 0.25) is 0 Å². The van der Waals surface area contributed by atoms with E-state index in [0.717, 1.165) is 0 Å². The summed E-state index contributed by atoms with van der Waals surface area (Å²) in [6, 6.07) is 2.55. The van der Waals surface area contributed by atoms with Crippen molar-refractivity contribution >= 4 is 17.3 Å². The summed E-state index contributed by atoms with van der Waals surface area (Å²) in [5.41, 5.74) is 0.238. The van der Waals surface area contributed by atoms with Gasteiger partial charge >= 0.3 is 0 Å². The molecule has 0 atom stereocenters. The summed E-state index contributed by atoms with van der Waals surface area (Å²) >= 11 is 0. The van der Waals surface area contributed by atoms with Crippen LogP contribution < -0.4 is 10.6 Å². The first-order valence-electron chi connectivity index (χ1n) is 6.16. The van der Waals surface area contributed by atoms with Gasteiger partial charge in [0.25, 0.3) is 5.91 Å². The van der Waals surface area contributed by atoms with Crippen molar-refractivity contribution in [3.05, 3.63) is 53.6 Å². The number of nitrogens with zero attached hydrogens (tertiary/aromatic N) is 1. The van der Waals surface area contributed by atoms with Crippen molar-refractivity contribution in [2.24, 2.45) is 0 Å². The van der Waals surface area contributed by atoms with Crippen LogP contribution in [-0.4, -0.2) is 17.4 Å². The molecule has 110 valence electrons. The highest BCUT2D eigenvalue weighted by Gasteiger charge is 2.15. The molecule has 1 aromatic heterocycles. The van der Waals surface area contributed by atoms with Crippen LogP contribution in [0.4, 0.5) is 24.5 Å². The molecule has 4 nitrogen and oxygen atoms in total. The first-order valence-corrected chi connectivity index (χ1v) is 6.16. The lowest BCUT2D eigenvalue weighted by Crippen LogP contribution is -2.16. The van der Waals surface area contributed by atoms with Crippen LogP contribution >= 0.6 is 0 Å². The highest BCUT2D eigenvalue weighted by atomic mass is 19.2. The van der Waals surface area contributed by atoms with Crippen molar-refractivity contribution in [3.8, 4) is 0 Å². The van der Waals surface area contributed by atoms with Gasteiger partial charge in [-0.2, -0.15) is 0 Å². The maximum absolute atomic E-state index is 13.5. The number of aromatic nitrogens is 1. The zero-order valence-electron chi connectivity index (χ0n) is 11.1. The summed E-state index contributed by atoms with van der Waals surface area (Å²) in [7, 11) is 0. The molecule has 0 bridgehead atoms. The Hall–Kier alpha value is -2.57. The van der Waals surface area contributed by atoms with Gasteiger partial charge in [-0.3, -0.25) is 9.78 Å². The Bertz CT molecular complexity index is 677. The smallest absolute Gasteiger partial charge is 0.259 e. The van der Waals surface area contributed by atoms with Gasteiger partial charge in [-0.05, 0) is 13.0 Å². The SMILES string of the molecule is CCNc1ccncc1C(=O)Nc1cc(F)c(F)cc1F. The Morgan fingerprint density at radius 2 is 1.86 bits per heavy atom. The number of anilines is 2. The van der Waals surface area contributed by atoms with Crippen LogP contribution in [0.1, 0.15) is 17.3 Å². The third kappa shape index (κ3) is 3.31. The maximum Gasteiger partial charge on any atom is 0.259 e. The molecule has 0 saturated carbocycles. The van der Waals surface area contributed by atoms with E-state index in [1.165, 1.54) is 12.4 Å². The second kappa shape index (κ2) is 6.25. The van der Waals surface area contributed by atoms with Gasteiger partial charge < -0.3 is 10.6 Å². The molecule has 7 heteroatoms. The van der Waals surface area contributed by atoms with Crippen molar-refractivity contribution in [2.45, 2.75) is 6.92 Å². The predicted octanol–water partition coefficient (Wildman–Crippen LogP) is 3.18. The minimum atomic E-state index is -1.32. The van der Waals surface area contributed by atoms with Gasteiger partial charge in [0.15, 0.2) is 11.6 Å². The lowest BCUT2D eigenvalue weighted by Gasteiger charge is -2.11. The molecular formula is C14H12F3N3O. The summed E-state index contributed by atoms with van der Waals surface area (Å²) in [4.78, 5) is 15.9. The number of amides is 1. The largest absolute Gasteiger partial charge is 0.385 e. The van der Waals surface area contributed by atoms with Crippen molar-refractivity contribution in [3.63, 3.8) is 0 Å². The zero-order chi connectivity index (χ0) is 15.4. The Morgan fingerprint density at radius 1 is 1.14 bits per heavy atom. The van der Waals surface area contributed by atoms with Gasteiger partial charge in [0.05, 0.1) is 16.9 Å². The van der Waals surface area contributed by atoms with E-state index in [1.807, 2.05) is 6.92 Å². The summed E-state index contributed by atoms with van der Waals surface area (Å²) < 4.78 is 39.4. The predicted molar refractivity (Wildman–Crippen MR) is 72.7 cm³/mol. The average molecular weight is 295 g/mol. The third-order valence-corrected chi connectivity index (χ3v) is 2.69. The normalized spacial score (nSPS) is 10.3. The van der Waals surface area contributed by atoms with Crippen molar-refractivity contribution in [2.75, 3.05) is 17.2 Å². The molecule has 2 rings (SSSR count). The van der Waals surface area contributed by atoms with Crippen molar-refractivity contribution in [1.82, 2.24) is 4.98 Å². The fourth-order valence-corrected chi connectivity index (χ4v) is 1.73. The number of carbonyl (C=O) groups is 1. The van der Waals surface area contributed by atoms with E-state index in [9.17, 15) is 18.0 Å². The number of nitrogens with one attached hydrogen (secondary N) is 2. The molecule has 0 fully saturated rings. The first kappa shape index (κ1) is 14.8. The van der Waals surface area contributed by atoms with Crippen LogP contribution in [0, 0.1) is 17.5 Å². The van der Waals surface area contributed by atoms with Crippen LogP contribution in [0.25, 0.3) is 0 Å². The van der Waals surface area contributed by atoms with Gasteiger partial charge in [-0.1, -0.05) is 0 Å². The van der Waals surface area contributed by atoms with Gasteiger partial charge in [-0.25, -0.2) is 13.2 Å². The molecule has 1 aromatic carbocycles. The Balaban J connectivity index is 2.28. The Labute approximate surface area is 119 Å². The lowest BCUT2D eigenvalue weighted by molar-refractivity contribution is 0.102. The van der Waals surface area contributed by atoms with Gasteiger partial charge in [0.1, 0.15) is 5.82 Å². The number of hydrogen-bond donors (Lipinski definition) is 2. The molecule has 1 amide bonds. The van der Waals surface area contributed by atoms with E-state index in [4.69, 9.17) is 0 Å². The topological polar surface area (TPSA) is 54.0 Å². The van der Waals surface area contributed by atoms with Crippen LogP contribution in [-0.2, 0) is 0 Å². The summed E-state index contributed by atoms with van der Waals surface area (Å²) in [5, 5.41) is 5.14. The van der Waals surface area contributed by atoms with Crippen LogP contribution in [0.15, 0.2) is 30.6 Å². The first-order chi connectivity index (χ1) is 10.0. The molecule has 0 aliphatic carbocycles.